The van der Waals surface area contributed by atoms with Crippen molar-refractivity contribution in [2.75, 3.05) is 26.2 Å². The molecule has 276 valence electrons. The standard InChI is InChI=1S/C42H75N3O3/c1-31(2)14-12-15-32(3)36-18-19-37-35-17-16-33-30-34(22-24-41(33,4)38(35)23-25-42(36,37)5)48-40(47)21-20-39(46)45(29-13-27-44)28-11-9-7-6-8-10-26-43/h16,31-32,34-38H,6-15,17-30,43-44H2,1-5H3/t32-,34+,35+,36-,37+,38?,41+,42-/m1/s1. The van der Waals surface area contributed by atoms with Crippen molar-refractivity contribution in [2.45, 2.75) is 169 Å². The summed E-state index contributed by atoms with van der Waals surface area (Å²) in [6.07, 6.45) is 24.4. The Labute approximate surface area is 295 Å². The zero-order valence-corrected chi connectivity index (χ0v) is 31.9. The maximum absolute atomic E-state index is 13.1. The quantitative estimate of drug-likeness (QED) is 0.0765. The van der Waals surface area contributed by atoms with Crippen LogP contribution in [0.1, 0.15) is 163 Å². The van der Waals surface area contributed by atoms with E-state index in [-0.39, 0.29) is 36.2 Å². The van der Waals surface area contributed by atoms with Crippen molar-refractivity contribution in [3.8, 4) is 0 Å². The van der Waals surface area contributed by atoms with Gasteiger partial charge in [-0.15, -0.1) is 0 Å². The highest BCUT2D eigenvalue weighted by molar-refractivity contribution is 5.81. The van der Waals surface area contributed by atoms with Crippen LogP contribution in [-0.4, -0.2) is 49.1 Å². The van der Waals surface area contributed by atoms with Crippen LogP contribution >= 0.6 is 0 Å². The SMILES string of the molecule is CC(C)CCC[C@@H](C)[C@H]1CC[C@H]2[C@@H]3CC=C4C[C@@H](OC(=O)CCC(=O)N(CCCN)CCCCCCCCN)CC[C@]4(C)C3CC[C@]12C. The summed E-state index contributed by atoms with van der Waals surface area (Å²) in [7, 11) is 0. The summed E-state index contributed by atoms with van der Waals surface area (Å²) in [5.74, 6) is 4.84. The minimum Gasteiger partial charge on any atom is -0.462 e. The number of nitrogens with two attached hydrogens (primary N) is 2. The third-order valence-electron chi connectivity index (χ3n) is 14.0. The second kappa shape index (κ2) is 18.7. The summed E-state index contributed by atoms with van der Waals surface area (Å²) < 4.78 is 6.07. The number of nitrogens with zero attached hydrogens (tertiary/aromatic N) is 1. The Morgan fingerprint density at radius 3 is 2.27 bits per heavy atom. The van der Waals surface area contributed by atoms with E-state index in [2.05, 4.69) is 40.7 Å². The molecule has 0 bridgehead atoms. The molecule has 0 radical (unpaired) electrons. The lowest BCUT2D eigenvalue weighted by Crippen LogP contribution is -2.51. The number of ether oxygens (including phenoxy) is 1. The molecule has 0 aromatic rings. The molecule has 4 aliphatic rings. The number of amides is 1. The Morgan fingerprint density at radius 2 is 1.54 bits per heavy atom. The number of hydrogen-bond donors (Lipinski definition) is 2. The Bertz CT molecular complexity index is 1040. The highest BCUT2D eigenvalue weighted by atomic mass is 16.5. The number of hydrogen-bond acceptors (Lipinski definition) is 5. The molecule has 3 fully saturated rings. The Hall–Kier alpha value is -1.40. The lowest BCUT2D eigenvalue weighted by atomic mass is 9.47. The van der Waals surface area contributed by atoms with E-state index in [0.717, 1.165) is 93.5 Å². The van der Waals surface area contributed by atoms with Gasteiger partial charge in [0.1, 0.15) is 6.10 Å². The highest BCUT2D eigenvalue weighted by Gasteiger charge is 2.59. The average molecular weight is 670 g/mol. The summed E-state index contributed by atoms with van der Waals surface area (Å²) in [6.45, 7) is 15.3. The van der Waals surface area contributed by atoms with Crippen LogP contribution in [0.5, 0.6) is 0 Å². The number of fused-ring (bicyclic) bond motifs is 5. The molecule has 0 aromatic carbocycles. The van der Waals surface area contributed by atoms with Gasteiger partial charge in [-0.1, -0.05) is 91.2 Å². The second-order valence-corrected chi connectivity index (χ2v) is 17.6. The third kappa shape index (κ3) is 9.89. The number of carbonyl (C=O) groups is 2. The van der Waals surface area contributed by atoms with Gasteiger partial charge in [0, 0.05) is 25.9 Å². The van der Waals surface area contributed by atoms with Crippen LogP contribution in [0.15, 0.2) is 11.6 Å². The summed E-state index contributed by atoms with van der Waals surface area (Å²) in [6, 6.07) is 0. The number of allylic oxidation sites excluding steroid dienone is 1. The van der Waals surface area contributed by atoms with Gasteiger partial charge in [-0.25, -0.2) is 0 Å². The van der Waals surface area contributed by atoms with Crippen molar-refractivity contribution in [1.29, 1.82) is 0 Å². The van der Waals surface area contributed by atoms with Crippen molar-refractivity contribution in [1.82, 2.24) is 4.90 Å². The van der Waals surface area contributed by atoms with E-state index in [1.165, 1.54) is 70.6 Å². The van der Waals surface area contributed by atoms with Gasteiger partial charge >= 0.3 is 5.97 Å². The lowest BCUT2D eigenvalue weighted by Gasteiger charge is -2.58. The minimum atomic E-state index is -0.210. The van der Waals surface area contributed by atoms with Crippen LogP contribution in [-0.2, 0) is 14.3 Å². The van der Waals surface area contributed by atoms with Gasteiger partial charge in [-0.2, -0.15) is 0 Å². The van der Waals surface area contributed by atoms with Gasteiger partial charge < -0.3 is 21.1 Å². The Kier molecular flexibility index (Phi) is 15.4. The molecule has 4 N–H and O–H groups in total. The molecule has 0 aliphatic heterocycles. The molecule has 8 atom stereocenters. The van der Waals surface area contributed by atoms with Crippen molar-refractivity contribution >= 4 is 11.9 Å². The first-order chi connectivity index (χ1) is 23.0. The van der Waals surface area contributed by atoms with Crippen molar-refractivity contribution in [3.63, 3.8) is 0 Å². The first kappa shape index (κ1) is 39.4. The molecule has 0 aromatic heterocycles. The fourth-order valence-electron chi connectivity index (χ4n) is 11.2. The predicted molar refractivity (Wildman–Crippen MR) is 199 cm³/mol. The summed E-state index contributed by atoms with van der Waals surface area (Å²) >= 11 is 0. The summed E-state index contributed by atoms with van der Waals surface area (Å²) in [5.41, 5.74) is 13.7. The van der Waals surface area contributed by atoms with Crippen LogP contribution in [0.2, 0.25) is 0 Å². The van der Waals surface area contributed by atoms with Gasteiger partial charge in [-0.3, -0.25) is 9.59 Å². The second-order valence-electron chi connectivity index (χ2n) is 17.6. The molecule has 1 unspecified atom stereocenters. The topological polar surface area (TPSA) is 98.7 Å². The van der Waals surface area contributed by atoms with Crippen LogP contribution in [0.4, 0.5) is 0 Å². The normalized spacial score (nSPS) is 31.8. The molecule has 3 saturated carbocycles. The number of carbonyl (C=O) groups excluding carboxylic acids is 2. The fourth-order valence-corrected chi connectivity index (χ4v) is 11.2. The summed E-state index contributed by atoms with van der Waals surface area (Å²) in [5, 5.41) is 0. The maximum Gasteiger partial charge on any atom is 0.306 e. The Balaban J connectivity index is 1.25. The van der Waals surface area contributed by atoms with Gasteiger partial charge in [-0.05, 0) is 124 Å². The average Bonchev–Trinajstić information content (AvgIpc) is 3.42. The molecular formula is C42H75N3O3. The number of esters is 1. The van der Waals surface area contributed by atoms with Crippen LogP contribution in [0, 0.1) is 46.3 Å². The van der Waals surface area contributed by atoms with Gasteiger partial charge in [0.2, 0.25) is 5.91 Å². The maximum atomic E-state index is 13.1. The summed E-state index contributed by atoms with van der Waals surface area (Å²) in [4.78, 5) is 28.0. The van der Waals surface area contributed by atoms with Gasteiger partial charge in [0.25, 0.3) is 0 Å². The molecule has 0 heterocycles. The monoisotopic (exact) mass is 670 g/mol. The molecule has 4 rings (SSSR count). The fraction of sp³-hybridized carbons (Fsp3) is 0.905. The lowest BCUT2D eigenvalue weighted by molar-refractivity contribution is -0.153. The van der Waals surface area contributed by atoms with Crippen molar-refractivity contribution < 1.29 is 14.3 Å². The molecular weight excluding hydrogens is 594 g/mol. The predicted octanol–water partition coefficient (Wildman–Crippen LogP) is 9.20. The van der Waals surface area contributed by atoms with Gasteiger partial charge in [0.15, 0.2) is 0 Å². The zero-order valence-electron chi connectivity index (χ0n) is 31.9. The van der Waals surface area contributed by atoms with E-state index >= 15 is 0 Å². The molecule has 6 heteroatoms. The van der Waals surface area contributed by atoms with Crippen LogP contribution in [0.25, 0.3) is 0 Å². The van der Waals surface area contributed by atoms with E-state index in [9.17, 15) is 9.59 Å². The first-order valence-electron chi connectivity index (χ1n) is 20.6. The van der Waals surface area contributed by atoms with E-state index in [1.807, 2.05) is 4.90 Å². The van der Waals surface area contributed by atoms with Crippen molar-refractivity contribution in [2.24, 2.45) is 57.8 Å². The number of unbranched alkanes of at least 4 members (excludes halogenated alkanes) is 5. The smallest absolute Gasteiger partial charge is 0.306 e. The molecule has 6 nitrogen and oxygen atoms in total. The molecule has 0 saturated heterocycles. The number of rotatable bonds is 20. The molecule has 48 heavy (non-hydrogen) atoms. The van der Waals surface area contributed by atoms with Crippen molar-refractivity contribution in [3.05, 3.63) is 11.6 Å². The third-order valence-corrected chi connectivity index (χ3v) is 14.0. The largest absolute Gasteiger partial charge is 0.462 e. The van der Waals surface area contributed by atoms with Crippen LogP contribution in [0.3, 0.4) is 0 Å². The van der Waals surface area contributed by atoms with E-state index < -0.39 is 0 Å². The van der Waals surface area contributed by atoms with E-state index in [4.69, 9.17) is 16.2 Å². The molecule has 0 spiro atoms. The Morgan fingerprint density at radius 1 is 0.833 bits per heavy atom. The zero-order chi connectivity index (χ0) is 34.7. The van der Waals surface area contributed by atoms with E-state index in [1.54, 1.807) is 5.57 Å². The van der Waals surface area contributed by atoms with E-state index in [0.29, 0.717) is 18.5 Å². The molecule has 4 aliphatic carbocycles. The highest BCUT2D eigenvalue weighted by Crippen LogP contribution is 2.67. The molecule has 1 amide bonds. The minimum absolute atomic E-state index is 0.0486. The van der Waals surface area contributed by atoms with Crippen LogP contribution < -0.4 is 11.5 Å². The first-order valence-corrected chi connectivity index (χ1v) is 20.6. The van der Waals surface area contributed by atoms with Gasteiger partial charge in [0.05, 0.1) is 6.42 Å².